The summed E-state index contributed by atoms with van der Waals surface area (Å²) in [5.74, 6) is 1.08. The van der Waals surface area contributed by atoms with E-state index in [1.54, 1.807) is 12.1 Å². The first-order valence-electron chi connectivity index (χ1n) is 11.4. The summed E-state index contributed by atoms with van der Waals surface area (Å²) in [4.78, 5) is 41.6. The molecular formula is C24H31N3O5. The molecule has 5 rings (SSSR count). The van der Waals surface area contributed by atoms with Crippen LogP contribution >= 0.6 is 0 Å². The van der Waals surface area contributed by atoms with Crippen LogP contribution in [-0.2, 0) is 16.1 Å². The standard InChI is InChI=1S/C24H31N3O5/c1-23(2)9-16-10-24(3,12-23)13-27(16)20(28)7-5-17-21(29)26(22(30)25-17)11-15-4-6-18-19(8-15)32-14-31-18/h4,6,8,16-17H,5,7,9-14H2,1-3H3,(H,25,30)/t16-,17+,24+/m0/s1. The second-order valence-electron chi connectivity index (χ2n) is 10.9. The van der Waals surface area contributed by atoms with Crippen LogP contribution in [0.5, 0.6) is 11.5 Å². The van der Waals surface area contributed by atoms with Crippen LogP contribution in [0.2, 0.25) is 0 Å². The largest absolute Gasteiger partial charge is 0.454 e. The zero-order valence-corrected chi connectivity index (χ0v) is 19.0. The summed E-state index contributed by atoms with van der Waals surface area (Å²) >= 11 is 0. The highest BCUT2D eigenvalue weighted by atomic mass is 16.7. The number of urea groups is 1. The average molecular weight is 442 g/mol. The minimum atomic E-state index is -0.658. The molecular weight excluding hydrogens is 410 g/mol. The van der Waals surface area contributed by atoms with Crippen molar-refractivity contribution in [2.75, 3.05) is 13.3 Å². The van der Waals surface area contributed by atoms with E-state index in [0.29, 0.717) is 17.9 Å². The van der Waals surface area contributed by atoms with Crippen LogP contribution in [0.3, 0.4) is 0 Å². The third-order valence-electron chi connectivity index (χ3n) is 7.27. The van der Waals surface area contributed by atoms with Crippen molar-refractivity contribution in [2.24, 2.45) is 10.8 Å². The Kier molecular flexibility index (Phi) is 4.87. The Hall–Kier alpha value is -2.77. The van der Waals surface area contributed by atoms with Gasteiger partial charge in [-0.05, 0) is 54.2 Å². The maximum Gasteiger partial charge on any atom is 0.325 e. The Morgan fingerprint density at radius 2 is 1.94 bits per heavy atom. The van der Waals surface area contributed by atoms with Crippen LogP contribution in [0.15, 0.2) is 18.2 Å². The first kappa shape index (κ1) is 21.1. The fraction of sp³-hybridized carbons (Fsp3) is 0.625. The molecule has 3 fully saturated rings. The molecule has 8 heteroatoms. The molecule has 0 radical (unpaired) electrons. The lowest BCUT2D eigenvalue weighted by Crippen LogP contribution is -2.39. The molecule has 2 saturated heterocycles. The van der Waals surface area contributed by atoms with Crippen molar-refractivity contribution < 1.29 is 23.9 Å². The average Bonchev–Trinajstić information content (AvgIpc) is 3.35. The van der Waals surface area contributed by atoms with Crippen LogP contribution in [0.1, 0.15) is 58.4 Å². The number of ether oxygens (including phenoxy) is 2. The van der Waals surface area contributed by atoms with Crippen molar-refractivity contribution in [3.63, 3.8) is 0 Å². The summed E-state index contributed by atoms with van der Waals surface area (Å²) < 4.78 is 10.7. The summed E-state index contributed by atoms with van der Waals surface area (Å²) in [6.07, 6.45) is 3.81. The number of amides is 4. The predicted octanol–water partition coefficient (Wildman–Crippen LogP) is 3.04. The summed E-state index contributed by atoms with van der Waals surface area (Å²) in [6.45, 7) is 7.98. The molecule has 0 spiro atoms. The van der Waals surface area contributed by atoms with Crippen molar-refractivity contribution >= 4 is 17.8 Å². The fourth-order valence-electron chi connectivity index (χ4n) is 6.31. The molecule has 1 N–H and O–H groups in total. The van der Waals surface area contributed by atoms with Gasteiger partial charge in [0.1, 0.15) is 6.04 Å². The third kappa shape index (κ3) is 3.80. The van der Waals surface area contributed by atoms with E-state index in [4.69, 9.17) is 9.47 Å². The Labute approximate surface area is 188 Å². The van der Waals surface area contributed by atoms with Gasteiger partial charge in [-0.3, -0.25) is 14.5 Å². The molecule has 0 unspecified atom stereocenters. The highest BCUT2D eigenvalue weighted by Crippen LogP contribution is 2.52. The molecule has 1 aliphatic carbocycles. The predicted molar refractivity (Wildman–Crippen MR) is 116 cm³/mol. The number of rotatable bonds is 5. The van der Waals surface area contributed by atoms with E-state index in [0.717, 1.165) is 31.4 Å². The number of nitrogens with zero attached hydrogens (tertiary/aromatic N) is 2. The molecule has 8 nitrogen and oxygen atoms in total. The Bertz CT molecular complexity index is 976. The van der Waals surface area contributed by atoms with Gasteiger partial charge in [0.2, 0.25) is 12.7 Å². The van der Waals surface area contributed by atoms with E-state index >= 15 is 0 Å². The zero-order chi connectivity index (χ0) is 22.7. The Morgan fingerprint density at radius 3 is 2.75 bits per heavy atom. The van der Waals surface area contributed by atoms with E-state index in [2.05, 4.69) is 26.1 Å². The van der Waals surface area contributed by atoms with E-state index in [1.165, 1.54) is 4.90 Å². The van der Waals surface area contributed by atoms with Gasteiger partial charge in [-0.15, -0.1) is 0 Å². The van der Waals surface area contributed by atoms with E-state index < -0.39 is 12.1 Å². The van der Waals surface area contributed by atoms with Crippen molar-refractivity contribution in [2.45, 2.75) is 71.5 Å². The topological polar surface area (TPSA) is 88.2 Å². The van der Waals surface area contributed by atoms with Gasteiger partial charge in [-0.25, -0.2) is 4.79 Å². The second-order valence-corrected chi connectivity index (χ2v) is 10.9. The number of nitrogens with one attached hydrogen (secondary N) is 1. The van der Waals surface area contributed by atoms with Crippen LogP contribution in [0.4, 0.5) is 4.79 Å². The van der Waals surface area contributed by atoms with Gasteiger partial charge in [-0.2, -0.15) is 0 Å². The Balaban J connectivity index is 1.18. The van der Waals surface area contributed by atoms with Crippen molar-refractivity contribution in [1.29, 1.82) is 0 Å². The Morgan fingerprint density at radius 1 is 1.16 bits per heavy atom. The first-order valence-corrected chi connectivity index (χ1v) is 11.4. The van der Waals surface area contributed by atoms with Crippen molar-refractivity contribution in [3.05, 3.63) is 23.8 Å². The molecule has 1 aromatic carbocycles. The molecule has 1 saturated carbocycles. The first-order chi connectivity index (χ1) is 15.1. The summed E-state index contributed by atoms with van der Waals surface area (Å²) in [5.41, 5.74) is 1.22. The van der Waals surface area contributed by atoms with Gasteiger partial charge in [0.15, 0.2) is 11.5 Å². The van der Waals surface area contributed by atoms with E-state index in [1.807, 2.05) is 11.0 Å². The van der Waals surface area contributed by atoms with Crippen LogP contribution in [-0.4, -0.2) is 53.1 Å². The minimum absolute atomic E-state index is 0.0905. The van der Waals surface area contributed by atoms with Crippen LogP contribution in [0, 0.1) is 10.8 Å². The summed E-state index contributed by atoms with van der Waals surface area (Å²) in [6, 6.07) is 4.59. The van der Waals surface area contributed by atoms with E-state index in [-0.39, 0.29) is 48.4 Å². The number of carbonyl (C=O) groups is 3. The summed E-state index contributed by atoms with van der Waals surface area (Å²) in [5, 5.41) is 2.75. The molecule has 172 valence electrons. The monoisotopic (exact) mass is 441 g/mol. The highest BCUT2D eigenvalue weighted by molar-refractivity contribution is 6.04. The van der Waals surface area contributed by atoms with Gasteiger partial charge in [0.05, 0.1) is 6.54 Å². The van der Waals surface area contributed by atoms with Gasteiger partial charge < -0.3 is 19.7 Å². The lowest BCUT2D eigenvalue weighted by atomic mass is 9.65. The molecule has 32 heavy (non-hydrogen) atoms. The molecule has 0 aromatic heterocycles. The second kappa shape index (κ2) is 7.39. The van der Waals surface area contributed by atoms with Crippen molar-refractivity contribution in [3.8, 4) is 11.5 Å². The minimum Gasteiger partial charge on any atom is -0.454 e. The summed E-state index contributed by atoms with van der Waals surface area (Å²) in [7, 11) is 0. The third-order valence-corrected chi connectivity index (χ3v) is 7.27. The maximum absolute atomic E-state index is 13.0. The normalized spacial score (nSPS) is 30.1. The lowest BCUT2D eigenvalue weighted by molar-refractivity contribution is -0.133. The lowest BCUT2D eigenvalue weighted by Gasteiger charge is -2.39. The van der Waals surface area contributed by atoms with Crippen molar-refractivity contribution in [1.82, 2.24) is 15.1 Å². The van der Waals surface area contributed by atoms with Gasteiger partial charge in [0.25, 0.3) is 5.91 Å². The number of likely N-dealkylation sites (tertiary alicyclic amines) is 1. The smallest absolute Gasteiger partial charge is 0.325 e. The number of benzene rings is 1. The number of hydrogen-bond donors (Lipinski definition) is 1. The van der Waals surface area contributed by atoms with Crippen LogP contribution in [0.25, 0.3) is 0 Å². The molecule has 3 atom stereocenters. The van der Waals surface area contributed by atoms with Gasteiger partial charge in [-0.1, -0.05) is 26.8 Å². The molecule has 3 heterocycles. The highest BCUT2D eigenvalue weighted by Gasteiger charge is 2.51. The molecule has 4 aliphatic rings. The number of carbonyl (C=O) groups excluding carboxylic acids is 3. The zero-order valence-electron chi connectivity index (χ0n) is 19.0. The number of hydrogen-bond acceptors (Lipinski definition) is 5. The quantitative estimate of drug-likeness (QED) is 0.710. The van der Waals surface area contributed by atoms with Gasteiger partial charge >= 0.3 is 6.03 Å². The molecule has 3 aliphatic heterocycles. The maximum atomic E-state index is 13.0. The molecule has 2 bridgehead atoms. The fourth-order valence-corrected chi connectivity index (χ4v) is 6.31. The number of imide groups is 1. The van der Waals surface area contributed by atoms with E-state index in [9.17, 15) is 14.4 Å². The molecule has 4 amide bonds. The van der Waals surface area contributed by atoms with Gasteiger partial charge in [0, 0.05) is 19.0 Å². The molecule has 1 aromatic rings. The SMILES string of the molecule is CC1(C)C[C@H]2C[C@@](C)(CN2C(=O)CC[C@H]2NC(=O)N(Cc3ccc4c(c3)OCO4)C2=O)C1. The van der Waals surface area contributed by atoms with Crippen LogP contribution < -0.4 is 14.8 Å². The number of fused-ring (bicyclic) bond motifs is 3.